The Morgan fingerprint density at radius 1 is 1.47 bits per heavy atom. The number of carbonyl (C=O) groups is 1. The van der Waals surface area contributed by atoms with Crippen molar-refractivity contribution in [3.63, 3.8) is 0 Å². The monoisotopic (exact) mass is 252 g/mol. The summed E-state index contributed by atoms with van der Waals surface area (Å²) in [5, 5.41) is 0.604. The summed E-state index contributed by atoms with van der Waals surface area (Å²) >= 11 is 5.91. The van der Waals surface area contributed by atoms with E-state index >= 15 is 0 Å². The number of ketones is 1. The van der Waals surface area contributed by atoms with Gasteiger partial charge in [-0.25, -0.2) is 0 Å². The molecule has 17 heavy (non-hydrogen) atoms. The lowest BCUT2D eigenvalue weighted by molar-refractivity contribution is -0.136. The Balaban J connectivity index is 2.58. The van der Waals surface area contributed by atoms with E-state index in [1.807, 2.05) is 0 Å². The molecule has 1 aliphatic heterocycles. The molecule has 3 nitrogen and oxygen atoms in total. The summed E-state index contributed by atoms with van der Waals surface area (Å²) in [6.45, 7) is 3.21. The molecule has 0 aromatic heterocycles. The lowest BCUT2D eigenvalue weighted by Crippen LogP contribution is -2.41. The van der Waals surface area contributed by atoms with Crippen molar-refractivity contribution in [1.82, 2.24) is 0 Å². The van der Waals surface area contributed by atoms with Crippen molar-refractivity contribution in [2.45, 2.75) is 19.6 Å². The molecule has 4 heteroatoms. The third-order valence-corrected chi connectivity index (χ3v) is 3.07. The summed E-state index contributed by atoms with van der Waals surface area (Å²) in [6, 6.07) is 5.26. The first-order valence-corrected chi connectivity index (χ1v) is 5.61. The van der Waals surface area contributed by atoms with Gasteiger partial charge in [0.25, 0.3) is 0 Å². The maximum atomic E-state index is 11.6. The Morgan fingerprint density at radius 3 is 2.76 bits per heavy atom. The highest BCUT2D eigenvalue weighted by Crippen LogP contribution is 2.37. The summed E-state index contributed by atoms with van der Waals surface area (Å²) in [5.74, 6) is -0.462. The van der Waals surface area contributed by atoms with Crippen molar-refractivity contribution >= 4 is 23.5 Å². The van der Waals surface area contributed by atoms with Gasteiger partial charge in [-0.1, -0.05) is 11.6 Å². The van der Waals surface area contributed by atoms with Crippen LogP contribution in [0, 0.1) is 0 Å². The molecular formula is C13H13ClO3. The van der Waals surface area contributed by atoms with Crippen molar-refractivity contribution < 1.29 is 14.3 Å². The summed E-state index contributed by atoms with van der Waals surface area (Å²) in [4.78, 5) is 11.6. The molecule has 1 atom stereocenters. The van der Waals surface area contributed by atoms with Gasteiger partial charge in [-0.3, -0.25) is 4.79 Å². The Labute approximate surface area is 105 Å². The van der Waals surface area contributed by atoms with Crippen molar-refractivity contribution in [3.05, 3.63) is 34.4 Å². The molecule has 0 N–H and O–H groups in total. The number of halogens is 1. The van der Waals surface area contributed by atoms with Gasteiger partial charge >= 0.3 is 0 Å². The fourth-order valence-corrected chi connectivity index (χ4v) is 2.03. The summed E-state index contributed by atoms with van der Waals surface area (Å²) in [5.41, 5.74) is 1.27. The van der Waals surface area contributed by atoms with Gasteiger partial charge in [0.2, 0.25) is 5.79 Å². The number of hydrogen-bond donors (Lipinski definition) is 0. The standard InChI is InChI=1S/C13H13ClO3/c1-8(15)11-7-9-6-10(14)4-5-12(9)17-13(11,2)16-3/h4-7H,1-3H3. The average Bonchev–Trinajstić information content (AvgIpc) is 2.28. The van der Waals surface area contributed by atoms with E-state index in [2.05, 4.69) is 0 Å². The number of ether oxygens (including phenoxy) is 2. The first-order valence-electron chi connectivity index (χ1n) is 5.23. The number of carbonyl (C=O) groups excluding carboxylic acids is 1. The van der Waals surface area contributed by atoms with Crippen LogP contribution in [-0.2, 0) is 9.53 Å². The predicted molar refractivity (Wildman–Crippen MR) is 66.2 cm³/mol. The molecule has 1 heterocycles. The van der Waals surface area contributed by atoms with E-state index in [-0.39, 0.29) is 5.78 Å². The van der Waals surface area contributed by atoms with E-state index in [1.54, 1.807) is 31.2 Å². The number of Topliss-reactive ketones (excluding diaryl/α,β-unsaturated/α-hetero) is 1. The maximum absolute atomic E-state index is 11.6. The molecule has 0 fully saturated rings. The molecule has 0 spiro atoms. The average molecular weight is 253 g/mol. The lowest BCUT2D eigenvalue weighted by atomic mass is 9.97. The second-order valence-electron chi connectivity index (χ2n) is 4.05. The second kappa shape index (κ2) is 4.17. The Morgan fingerprint density at radius 2 is 2.18 bits per heavy atom. The van der Waals surface area contributed by atoms with Crippen LogP contribution in [0.4, 0.5) is 0 Å². The highest BCUT2D eigenvalue weighted by Gasteiger charge is 2.37. The molecule has 0 bridgehead atoms. The van der Waals surface area contributed by atoms with Gasteiger partial charge in [-0.05, 0) is 31.2 Å². The molecular weight excluding hydrogens is 240 g/mol. The highest BCUT2D eigenvalue weighted by molar-refractivity contribution is 6.30. The van der Waals surface area contributed by atoms with Crippen LogP contribution in [0.5, 0.6) is 5.75 Å². The van der Waals surface area contributed by atoms with Crippen LogP contribution in [0.1, 0.15) is 19.4 Å². The second-order valence-corrected chi connectivity index (χ2v) is 4.48. The minimum absolute atomic E-state index is 0.0834. The molecule has 0 saturated carbocycles. The third-order valence-electron chi connectivity index (χ3n) is 2.83. The largest absolute Gasteiger partial charge is 0.458 e. The molecule has 0 amide bonds. The van der Waals surface area contributed by atoms with Crippen molar-refractivity contribution in [2.24, 2.45) is 0 Å². The predicted octanol–water partition coefficient (Wildman–Crippen LogP) is 3.07. The van der Waals surface area contributed by atoms with E-state index in [9.17, 15) is 4.79 Å². The molecule has 1 aromatic rings. The number of fused-ring (bicyclic) bond motifs is 1. The molecule has 1 unspecified atom stereocenters. The normalized spacial score (nSPS) is 22.5. The Hall–Kier alpha value is -1.32. The molecule has 0 radical (unpaired) electrons. The number of hydrogen-bond acceptors (Lipinski definition) is 3. The van der Waals surface area contributed by atoms with E-state index in [1.165, 1.54) is 14.0 Å². The fourth-order valence-electron chi connectivity index (χ4n) is 1.85. The number of benzene rings is 1. The van der Waals surface area contributed by atoms with Crippen LogP contribution in [0.15, 0.2) is 23.8 Å². The van der Waals surface area contributed by atoms with Crippen molar-refractivity contribution in [2.75, 3.05) is 7.11 Å². The molecule has 1 aromatic carbocycles. The summed E-state index contributed by atoms with van der Waals surface area (Å²) in [7, 11) is 1.51. The van der Waals surface area contributed by atoms with Gasteiger partial charge in [0.05, 0.1) is 5.57 Å². The zero-order valence-corrected chi connectivity index (χ0v) is 10.7. The fraction of sp³-hybridized carbons (Fsp3) is 0.308. The van der Waals surface area contributed by atoms with E-state index in [0.717, 1.165) is 5.56 Å². The van der Waals surface area contributed by atoms with Crippen LogP contribution in [-0.4, -0.2) is 18.7 Å². The summed E-state index contributed by atoms with van der Waals surface area (Å²) < 4.78 is 11.0. The SMILES string of the molecule is COC1(C)Oc2ccc(Cl)cc2C=C1C(C)=O. The van der Waals surface area contributed by atoms with Crippen LogP contribution in [0.25, 0.3) is 6.08 Å². The van der Waals surface area contributed by atoms with Gasteiger partial charge in [0.15, 0.2) is 5.78 Å². The van der Waals surface area contributed by atoms with Gasteiger partial charge in [0, 0.05) is 24.6 Å². The van der Waals surface area contributed by atoms with Crippen LogP contribution >= 0.6 is 11.6 Å². The minimum Gasteiger partial charge on any atom is -0.458 e. The molecule has 1 aliphatic rings. The first-order chi connectivity index (χ1) is 7.96. The minimum atomic E-state index is -1.04. The Kier molecular flexibility index (Phi) is 2.98. The Bertz CT molecular complexity index is 507. The van der Waals surface area contributed by atoms with E-state index in [0.29, 0.717) is 16.3 Å². The number of methoxy groups -OCH3 is 1. The van der Waals surface area contributed by atoms with Crippen LogP contribution in [0.2, 0.25) is 5.02 Å². The molecule has 0 saturated heterocycles. The van der Waals surface area contributed by atoms with Crippen molar-refractivity contribution in [1.29, 1.82) is 0 Å². The lowest BCUT2D eigenvalue weighted by Gasteiger charge is -2.34. The van der Waals surface area contributed by atoms with E-state index in [4.69, 9.17) is 21.1 Å². The summed E-state index contributed by atoms with van der Waals surface area (Å²) in [6.07, 6.45) is 1.76. The van der Waals surface area contributed by atoms with Gasteiger partial charge in [-0.15, -0.1) is 0 Å². The van der Waals surface area contributed by atoms with Crippen LogP contribution in [0.3, 0.4) is 0 Å². The van der Waals surface area contributed by atoms with Gasteiger partial charge < -0.3 is 9.47 Å². The molecule has 90 valence electrons. The first kappa shape index (κ1) is 12.1. The highest BCUT2D eigenvalue weighted by atomic mass is 35.5. The smallest absolute Gasteiger partial charge is 0.237 e. The quantitative estimate of drug-likeness (QED) is 0.812. The maximum Gasteiger partial charge on any atom is 0.237 e. The third kappa shape index (κ3) is 2.08. The zero-order valence-electron chi connectivity index (χ0n) is 9.91. The zero-order chi connectivity index (χ0) is 12.6. The van der Waals surface area contributed by atoms with Gasteiger partial charge in [0.1, 0.15) is 5.75 Å². The number of rotatable bonds is 2. The molecule has 0 aliphatic carbocycles. The topological polar surface area (TPSA) is 35.5 Å². The van der Waals surface area contributed by atoms with E-state index < -0.39 is 5.79 Å². The van der Waals surface area contributed by atoms with Gasteiger partial charge in [-0.2, -0.15) is 0 Å². The van der Waals surface area contributed by atoms with Crippen LogP contribution < -0.4 is 4.74 Å². The molecule has 2 rings (SSSR count). The van der Waals surface area contributed by atoms with Crippen molar-refractivity contribution in [3.8, 4) is 5.75 Å².